The molecule has 0 heterocycles. The van der Waals surface area contributed by atoms with E-state index in [0.29, 0.717) is 23.8 Å². The number of phenols is 1. The van der Waals surface area contributed by atoms with Crippen molar-refractivity contribution >= 4 is 0 Å². The Hall–Kier alpha value is -1.06. The van der Waals surface area contributed by atoms with E-state index in [1.165, 1.54) is 5.56 Å². The number of aryl methyl sites for hydroxylation is 1. The van der Waals surface area contributed by atoms with E-state index >= 15 is 0 Å². The highest BCUT2D eigenvalue weighted by atomic mass is 16.3. The summed E-state index contributed by atoms with van der Waals surface area (Å²) >= 11 is 0. The van der Waals surface area contributed by atoms with E-state index in [4.69, 9.17) is 5.73 Å². The molecule has 3 nitrogen and oxygen atoms in total. The first-order valence-corrected chi connectivity index (χ1v) is 7.64. The third-order valence-corrected chi connectivity index (χ3v) is 4.21. The molecule has 0 spiro atoms. The van der Waals surface area contributed by atoms with E-state index in [-0.39, 0.29) is 0 Å². The molecular weight excluding hydrogens is 248 g/mol. The molecule has 3 heteroatoms. The highest BCUT2D eigenvalue weighted by molar-refractivity contribution is 5.25. The summed E-state index contributed by atoms with van der Waals surface area (Å²) in [6.07, 6.45) is 3.22. The van der Waals surface area contributed by atoms with Crippen molar-refractivity contribution in [3.8, 4) is 5.75 Å². The second-order valence-corrected chi connectivity index (χ2v) is 6.23. The fraction of sp³-hybridized carbons (Fsp3) is 0.647. The van der Waals surface area contributed by atoms with Gasteiger partial charge in [-0.1, -0.05) is 26.0 Å². The molecule has 0 bridgehead atoms. The van der Waals surface area contributed by atoms with Crippen LogP contribution in [0.4, 0.5) is 0 Å². The first-order valence-electron chi connectivity index (χ1n) is 7.64. The molecule has 0 saturated carbocycles. The van der Waals surface area contributed by atoms with Crippen LogP contribution in [0.3, 0.4) is 0 Å². The molecule has 0 amide bonds. The number of hydrogen-bond donors (Lipinski definition) is 2. The normalized spacial score (nSPS) is 14.8. The van der Waals surface area contributed by atoms with Crippen molar-refractivity contribution in [3.05, 3.63) is 29.8 Å². The van der Waals surface area contributed by atoms with Crippen molar-refractivity contribution in [2.24, 2.45) is 11.7 Å². The molecule has 1 aromatic carbocycles. The van der Waals surface area contributed by atoms with Crippen molar-refractivity contribution in [1.82, 2.24) is 4.90 Å². The molecule has 3 N–H and O–H groups in total. The Kier molecular flexibility index (Phi) is 7.03. The van der Waals surface area contributed by atoms with Gasteiger partial charge in [0.25, 0.3) is 0 Å². The number of benzene rings is 1. The highest BCUT2D eigenvalue weighted by Crippen LogP contribution is 2.14. The molecular formula is C17H30N2O. The zero-order chi connectivity index (χ0) is 15.1. The van der Waals surface area contributed by atoms with Gasteiger partial charge in [0.05, 0.1) is 0 Å². The molecule has 1 aromatic rings. The van der Waals surface area contributed by atoms with E-state index in [9.17, 15) is 5.11 Å². The van der Waals surface area contributed by atoms with Crippen molar-refractivity contribution in [2.45, 2.75) is 52.1 Å². The van der Waals surface area contributed by atoms with E-state index in [2.05, 4.69) is 32.7 Å². The van der Waals surface area contributed by atoms with Gasteiger partial charge < -0.3 is 15.7 Å². The molecule has 0 radical (unpaired) electrons. The van der Waals surface area contributed by atoms with Gasteiger partial charge in [0.15, 0.2) is 0 Å². The molecule has 1 rings (SSSR count). The van der Waals surface area contributed by atoms with E-state index < -0.39 is 0 Å². The molecule has 0 fully saturated rings. The second-order valence-electron chi connectivity index (χ2n) is 6.23. The Balaban J connectivity index is 2.30. The Labute approximate surface area is 123 Å². The zero-order valence-corrected chi connectivity index (χ0v) is 13.3. The summed E-state index contributed by atoms with van der Waals surface area (Å²) in [5.41, 5.74) is 7.37. The van der Waals surface area contributed by atoms with Gasteiger partial charge in [-0.25, -0.2) is 0 Å². The topological polar surface area (TPSA) is 49.5 Å². The Morgan fingerprint density at radius 2 is 1.70 bits per heavy atom. The van der Waals surface area contributed by atoms with Gasteiger partial charge >= 0.3 is 0 Å². The minimum atomic E-state index is 0.293. The van der Waals surface area contributed by atoms with Crippen LogP contribution in [0, 0.1) is 5.92 Å². The Bertz CT molecular complexity index is 375. The van der Waals surface area contributed by atoms with Crippen LogP contribution in [0.25, 0.3) is 0 Å². The van der Waals surface area contributed by atoms with Crippen LogP contribution in [0.15, 0.2) is 24.3 Å². The number of aromatic hydroxyl groups is 1. The average molecular weight is 278 g/mol. The SMILES string of the molecule is CC(C)C(N)CCN(C)C(C)CCc1ccc(O)cc1. The van der Waals surface area contributed by atoms with Gasteiger partial charge in [0.1, 0.15) is 5.75 Å². The van der Waals surface area contributed by atoms with E-state index in [0.717, 1.165) is 25.8 Å². The van der Waals surface area contributed by atoms with E-state index in [1.54, 1.807) is 12.1 Å². The van der Waals surface area contributed by atoms with Crippen LogP contribution in [0.1, 0.15) is 39.2 Å². The van der Waals surface area contributed by atoms with Gasteiger partial charge in [-0.05, 0) is 63.4 Å². The number of nitrogens with two attached hydrogens (primary N) is 1. The average Bonchev–Trinajstić information content (AvgIpc) is 2.43. The summed E-state index contributed by atoms with van der Waals surface area (Å²) in [4.78, 5) is 2.39. The maximum Gasteiger partial charge on any atom is 0.115 e. The molecule has 0 aliphatic heterocycles. The van der Waals surface area contributed by atoms with Gasteiger partial charge in [-0.3, -0.25) is 0 Å². The quantitative estimate of drug-likeness (QED) is 0.768. The third kappa shape index (κ3) is 5.93. The standard InChI is InChI=1S/C17H30N2O/c1-13(2)17(18)11-12-19(4)14(3)5-6-15-7-9-16(20)10-8-15/h7-10,13-14,17,20H,5-6,11-12,18H2,1-4H3. The molecule has 2 unspecified atom stereocenters. The third-order valence-electron chi connectivity index (χ3n) is 4.21. The summed E-state index contributed by atoms with van der Waals surface area (Å²) in [5, 5.41) is 9.27. The smallest absolute Gasteiger partial charge is 0.115 e. The molecule has 20 heavy (non-hydrogen) atoms. The summed E-state index contributed by atoms with van der Waals surface area (Å²) in [7, 11) is 2.18. The predicted octanol–water partition coefficient (Wildman–Crippen LogP) is 3.02. The lowest BCUT2D eigenvalue weighted by Gasteiger charge is -2.27. The van der Waals surface area contributed by atoms with Gasteiger partial charge in [-0.2, -0.15) is 0 Å². The van der Waals surface area contributed by atoms with E-state index in [1.807, 2.05) is 12.1 Å². The molecule has 0 aromatic heterocycles. The summed E-state index contributed by atoms with van der Waals surface area (Å²) in [6.45, 7) is 7.68. The fourth-order valence-corrected chi connectivity index (χ4v) is 2.16. The molecule has 0 aliphatic rings. The summed E-state index contributed by atoms with van der Waals surface area (Å²) < 4.78 is 0. The second kappa shape index (κ2) is 8.28. The monoisotopic (exact) mass is 278 g/mol. The zero-order valence-electron chi connectivity index (χ0n) is 13.3. The minimum absolute atomic E-state index is 0.293. The van der Waals surface area contributed by atoms with Crippen molar-refractivity contribution in [3.63, 3.8) is 0 Å². The molecule has 0 saturated heterocycles. The van der Waals surface area contributed by atoms with Crippen LogP contribution < -0.4 is 5.73 Å². The van der Waals surface area contributed by atoms with Crippen LogP contribution in [-0.2, 0) is 6.42 Å². The summed E-state index contributed by atoms with van der Waals surface area (Å²) in [6, 6.07) is 8.34. The number of rotatable bonds is 8. The number of nitrogens with zero attached hydrogens (tertiary/aromatic N) is 1. The van der Waals surface area contributed by atoms with Gasteiger partial charge in [0.2, 0.25) is 0 Å². The fourth-order valence-electron chi connectivity index (χ4n) is 2.16. The minimum Gasteiger partial charge on any atom is -0.508 e. The van der Waals surface area contributed by atoms with Crippen molar-refractivity contribution in [2.75, 3.05) is 13.6 Å². The maximum absolute atomic E-state index is 9.27. The van der Waals surface area contributed by atoms with Crippen molar-refractivity contribution in [1.29, 1.82) is 0 Å². The van der Waals surface area contributed by atoms with Crippen LogP contribution >= 0.6 is 0 Å². The molecule has 0 aliphatic carbocycles. The lowest BCUT2D eigenvalue weighted by atomic mass is 10.0. The predicted molar refractivity (Wildman–Crippen MR) is 86.0 cm³/mol. The van der Waals surface area contributed by atoms with Crippen LogP contribution in [0.2, 0.25) is 0 Å². The first kappa shape index (κ1) is 17.0. The van der Waals surface area contributed by atoms with Gasteiger partial charge in [-0.15, -0.1) is 0 Å². The van der Waals surface area contributed by atoms with Gasteiger partial charge in [0, 0.05) is 12.1 Å². The van der Waals surface area contributed by atoms with Crippen LogP contribution in [-0.4, -0.2) is 35.7 Å². The maximum atomic E-state index is 9.27. The Morgan fingerprint density at radius 1 is 1.10 bits per heavy atom. The first-order chi connectivity index (χ1) is 9.40. The Morgan fingerprint density at radius 3 is 2.25 bits per heavy atom. The lowest BCUT2D eigenvalue weighted by molar-refractivity contribution is 0.231. The number of phenolic OH excluding ortho intramolecular Hbond substituents is 1. The van der Waals surface area contributed by atoms with Crippen molar-refractivity contribution < 1.29 is 5.11 Å². The lowest BCUT2D eigenvalue weighted by Crippen LogP contribution is -2.36. The highest BCUT2D eigenvalue weighted by Gasteiger charge is 2.13. The van der Waals surface area contributed by atoms with Crippen LogP contribution in [0.5, 0.6) is 5.75 Å². The molecule has 2 atom stereocenters. The largest absolute Gasteiger partial charge is 0.508 e. The number of hydrogen-bond acceptors (Lipinski definition) is 3. The molecule has 114 valence electrons. The summed E-state index contributed by atoms with van der Waals surface area (Å²) in [5.74, 6) is 0.886.